The second-order valence-corrected chi connectivity index (χ2v) is 7.20. The van der Waals surface area contributed by atoms with Gasteiger partial charge in [0.2, 0.25) is 0 Å². The summed E-state index contributed by atoms with van der Waals surface area (Å²) < 4.78 is 16.4. The van der Waals surface area contributed by atoms with Crippen LogP contribution in [0.2, 0.25) is 0 Å². The lowest BCUT2D eigenvalue weighted by Crippen LogP contribution is -2.24. The third-order valence-corrected chi connectivity index (χ3v) is 5.25. The molecule has 0 amide bonds. The molecule has 22 heavy (non-hydrogen) atoms. The van der Waals surface area contributed by atoms with Crippen molar-refractivity contribution in [1.29, 1.82) is 0 Å². The van der Waals surface area contributed by atoms with Crippen LogP contribution in [0.3, 0.4) is 0 Å². The second kappa shape index (κ2) is 5.84. The number of fused-ring (bicyclic) bond motifs is 3. The summed E-state index contributed by atoms with van der Waals surface area (Å²) >= 11 is 0. The second-order valence-electron chi connectivity index (χ2n) is 5.17. The summed E-state index contributed by atoms with van der Waals surface area (Å²) in [6, 6.07) is 5.43. The van der Waals surface area contributed by atoms with Gasteiger partial charge in [0, 0.05) is 6.42 Å². The molecule has 2 heterocycles. The normalized spacial score (nSPS) is 22.5. The minimum atomic E-state index is -3.32. The average Bonchev–Trinajstić information content (AvgIpc) is 2.45. The SMILES string of the molecule is CCO[P+]1([O-])C/C=C\Cc2c(c3cc(C)ccc3oc2=O)O1. The van der Waals surface area contributed by atoms with Crippen molar-refractivity contribution in [1.82, 2.24) is 0 Å². The van der Waals surface area contributed by atoms with E-state index in [1.807, 2.05) is 19.1 Å². The monoisotopic (exact) mass is 320 g/mol. The zero-order chi connectivity index (χ0) is 15.7. The lowest BCUT2D eigenvalue weighted by atomic mass is 10.1. The van der Waals surface area contributed by atoms with Gasteiger partial charge in [-0.1, -0.05) is 17.7 Å². The molecular formula is C16H17O5P. The fourth-order valence-corrected chi connectivity index (χ4v) is 3.98. The molecule has 6 heteroatoms. The number of rotatable bonds is 2. The molecule has 3 rings (SSSR count). The highest BCUT2D eigenvalue weighted by atomic mass is 31.2. The maximum Gasteiger partial charge on any atom is 0.343 e. The quantitative estimate of drug-likeness (QED) is 0.483. The van der Waals surface area contributed by atoms with Gasteiger partial charge in [-0.25, -0.2) is 9.32 Å². The van der Waals surface area contributed by atoms with Gasteiger partial charge in [0.15, 0.2) is 5.75 Å². The Morgan fingerprint density at radius 3 is 2.95 bits per heavy atom. The largest absolute Gasteiger partial charge is 0.624 e. The number of hydrogen-bond donors (Lipinski definition) is 0. The molecule has 0 N–H and O–H groups in total. The van der Waals surface area contributed by atoms with Gasteiger partial charge in [0.1, 0.15) is 11.7 Å². The summed E-state index contributed by atoms with van der Waals surface area (Å²) in [6.07, 6.45) is 4.09. The van der Waals surface area contributed by atoms with Gasteiger partial charge in [0.05, 0.1) is 17.6 Å². The maximum absolute atomic E-state index is 12.8. The van der Waals surface area contributed by atoms with E-state index < -0.39 is 13.6 Å². The standard InChI is InChI=1S/C16H17O5P/c1-3-19-22(18)9-5-4-6-12-15(21-22)13-10-11(2)7-8-14(13)20-16(12)17/h4-5,7-8,10H,3,6,9H2,1-2H3/b5-4-. The molecule has 1 aliphatic heterocycles. The molecule has 1 unspecified atom stereocenters. The molecule has 0 saturated carbocycles. The van der Waals surface area contributed by atoms with Crippen molar-refractivity contribution in [3.05, 3.63) is 51.9 Å². The predicted molar refractivity (Wildman–Crippen MR) is 84.1 cm³/mol. The van der Waals surface area contributed by atoms with Crippen LogP contribution < -0.4 is 15.0 Å². The van der Waals surface area contributed by atoms with Crippen LogP contribution in [0.4, 0.5) is 0 Å². The van der Waals surface area contributed by atoms with Gasteiger partial charge in [0.25, 0.3) is 7.94 Å². The highest BCUT2D eigenvalue weighted by Gasteiger charge is 2.34. The molecule has 0 spiro atoms. The summed E-state index contributed by atoms with van der Waals surface area (Å²) in [5.74, 6) is 0.316. The topological polar surface area (TPSA) is 71.7 Å². The van der Waals surface area contributed by atoms with E-state index in [2.05, 4.69) is 0 Å². The molecule has 1 atom stereocenters. The summed E-state index contributed by atoms with van der Waals surface area (Å²) in [5.41, 5.74) is 1.31. The molecule has 1 aromatic heterocycles. The first-order valence-corrected chi connectivity index (χ1v) is 8.90. The van der Waals surface area contributed by atoms with Crippen LogP contribution in [0.5, 0.6) is 5.75 Å². The van der Waals surface area contributed by atoms with Crippen LogP contribution in [0.15, 0.2) is 39.6 Å². The van der Waals surface area contributed by atoms with Crippen LogP contribution in [0.1, 0.15) is 18.1 Å². The zero-order valence-corrected chi connectivity index (χ0v) is 13.4. The molecule has 1 aliphatic rings. The Kier molecular flexibility index (Phi) is 4.04. The third kappa shape index (κ3) is 2.80. The van der Waals surface area contributed by atoms with Gasteiger partial charge in [-0.05, 0) is 32.1 Å². The third-order valence-electron chi connectivity index (χ3n) is 3.48. The first-order valence-electron chi connectivity index (χ1n) is 7.17. The van der Waals surface area contributed by atoms with Crippen molar-refractivity contribution in [3.63, 3.8) is 0 Å². The van der Waals surface area contributed by atoms with E-state index in [4.69, 9.17) is 13.5 Å². The van der Waals surface area contributed by atoms with Crippen molar-refractivity contribution < 1.29 is 18.4 Å². The van der Waals surface area contributed by atoms with Crippen molar-refractivity contribution >= 4 is 18.9 Å². The van der Waals surface area contributed by atoms with E-state index in [9.17, 15) is 9.69 Å². The van der Waals surface area contributed by atoms with Crippen molar-refractivity contribution in [2.24, 2.45) is 0 Å². The molecule has 0 bridgehead atoms. The minimum Gasteiger partial charge on any atom is -0.624 e. The van der Waals surface area contributed by atoms with E-state index in [0.29, 0.717) is 28.7 Å². The smallest absolute Gasteiger partial charge is 0.343 e. The van der Waals surface area contributed by atoms with Crippen molar-refractivity contribution in [2.75, 3.05) is 12.8 Å². The molecule has 0 aliphatic carbocycles. The summed E-state index contributed by atoms with van der Waals surface area (Å²) in [5, 5.41) is 0.643. The Hall–Kier alpha value is -1.68. The van der Waals surface area contributed by atoms with E-state index in [1.54, 1.807) is 25.1 Å². The predicted octanol–water partition coefficient (Wildman–Crippen LogP) is 2.75. The average molecular weight is 320 g/mol. The summed E-state index contributed by atoms with van der Waals surface area (Å²) in [6.45, 7) is 3.97. The van der Waals surface area contributed by atoms with Gasteiger partial charge >= 0.3 is 5.63 Å². The highest BCUT2D eigenvalue weighted by Crippen LogP contribution is 2.54. The molecule has 5 nitrogen and oxygen atoms in total. The number of allylic oxidation sites excluding steroid dienone is 2. The van der Waals surface area contributed by atoms with Crippen LogP contribution >= 0.6 is 7.94 Å². The van der Waals surface area contributed by atoms with Gasteiger partial charge in [-0.2, -0.15) is 0 Å². The molecule has 0 saturated heterocycles. The van der Waals surface area contributed by atoms with Crippen LogP contribution in [0.25, 0.3) is 11.0 Å². The molecule has 0 fully saturated rings. The number of benzene rings is 1. The summed E-state index contributed by atoms with van der Waals surface area (Å²) in [4.78, 5) is 25.0. The van der Waals surface area contributed by atoms with Crippen LogP contribution in [-0.4, -0.2) is 12.8 Å². The minimum absolute atomic E-state index is 0.188. The summed E-state index contributed by atoms with van der Waals surface area (Å²) in [7, 11) is -3.32. The first kappa shape index (κ1) is 15.2. The highest BCUT2D eigenvalue weighted by molar-refractivity contribution is 7.59. The molecule has 1 aromatic carbocycles. The van der Waals surface area contributed by atoms with E-state index in [-0.39, 0.29) is 12.8 Å². The van der Waals surface area contributed by atoms with Gasteiger partial charge < -0.3 is 13.8 Å². The Morgan fingerprint density at radius 2 is 2.18 bits per heavy atom. The van der Waals surface area contributed by atoms with E-state index in [1.165, 1.54) is 0 Å². The maximum atomic E-state index is 12.8. The van der Waals surface area contributed by atoms with Crippen molar-refractivity contribution in [3.8, 4) is 5.75 Å². The lowest BCUT2D eigenvalue weighted by molar-refractivity contribution is -0.209. The van der Waals surface area contributed by atoms with Crippen molar-refractivity contribution in [2.45, 2.75) is 20.3 Å². The Balaban J connectivity index is 2.26. The Morgan fingerprint density at radius 1 is 1.36 bits per heavy atom. The number of hydrogen-bond acceptors (Lipinski definition) is 5. The van der Waals surface area contributed by atoms with E-state index >= 15 is 0 Å². The Labute approximate surface area is 128 Å². The van der Waals surface area contributed by atoms with Crippen LogP contribution in [-0.2, 0) is 10.9 Å². The fraction of sp³-hybridized carbons (Fsp3) is 0.312. The van der Waals surface area contributed by atoms with Gasteiger partial charge in [-0.3, -0.25) is 0 Å². The van der Waals surface area contributed by atoms with Gasteiger partial charge in [-0.15, -0.1) is 0 Å². The number of aryl methyl sites for hydroxylation is 1. The molecule has 116 valence electrons. The lowest BCUT2D eigenvalue weighted by Gasteiger charge is -2.28. The fourth-order valence-electron chi connectivity index (χ4n) is 2.46. The van der Waals surface area contributed by atoms with E-state index in [0.717, 1.165) is 5.56 Å². The molecular weight excluding hydrogens is 303 g/mol. The zero-order valence-electron chi connectivity index (χ0n) is 12.5. The molecule has 2 aromatic rings. The molecule has 0 radical (unpaired) electrons. The Bertz CT molecular complexity index is 795. The van der Waals surface area contributed by atoms with Crippen LogP contribution in [0, 0.1) is 6.92 Å². The first-order chi connectivity index (χ1) is 10.5.